The van der Waals surface area contributed by atoms with Gasteiger partial charge in [-0.15, -0.1) is 0 Å². The van der Waals surface area contributed by atoms with Crippen LogP contribution in [0, 0.1) is 45.3 Å². The maximum absolute atomic E-state index is 11.3. The zero-order valence-corrected chi connectivity index (χ0v) is 52.7. The topological polar surface area (TPSA) is 95.2 Å². The van der Waals surface area contributed by atoms with Gasteiger partial charge in [0, 0.05) is 0 Å². The molecule has 0 amide bonds. The summed E-state index contributed by atoms with van der Waals surface area (Å²) in [5.74, 6) is 0. The van der Waals surface area contributed by atoms with Crippen molar-refractivity contribution in [3.63, 3.8) is 0 Å². The van der Waals surface area contributed by atoms with Crippen LogP contribution in [0.3, 0.4) is 0 Å². The minimum atomic E-state index is -0.273. The van der Waals surface area contributed by atoms with Crippen LogP contribution in [0.1, 0.15) is 22.3 Å². The number of fused-ring (bicyclic) bond motifs is 10. The molecule has 0 aromatic heterocycles. The van der Waals surface area contributed by atoms with Crippen LogP contribution < -0.4 is 32.8 Å². The van der Waals surface area contributed by atoms with Crippen molar-refractivity contribution in [2.24, 2.45) is 0 Å². The summed E-state index contributed by atoms with van der Waals surface area (Å²) in [7, 11) is 0. The van der Waals surface area contributed by atoms with Gasteiger partial charge in [0.1, 0.15) is 0 Å². The van der Waals surface area contributed by atoms with Gasteiger partial charge in [0.2, 0.25) is 13.4 Å². The van der Waals surface area contributed by atoms with E-state index in [1.165, 1.54) is 0 Å². The molecule has 16 aromatic rings. The Balaban J connectivity index is 1.05. The van der Waals surface area contributed by atoms with E-state index in [1.54, 1.807) is 0 Å². The van der Waals surface area contributed by atoms with Gasteiger partial charge in [0.15, 0.2) is 0 Å². The van der Waals surface area contributed by atoms with E-state index in [1.807, 2.05) is 36.4 Å². The van der Waals surface area contributed by atoms with E-state index in [2.05, 4.69) is 279 Å². The quantitative estimate of drug-likeness (QED) is 0.112. The first kappa shape index (κ1) is 55.1. The average Bonchev–Trinajstić information content (AvgIpc) is 1.14. The highest BCUT2D eigenvalue weighted by Gasteiger charge is 2.46. The van der Waals surface area contributed by atoms with Crippen LogP contribution in [-0.2, 0) is 0 Å². The van der Waals surface area contributed by atoms with Gasteiger partial charge in [-0.25, -0.2) is 0 Å². The van der Waals surface area contributed by atoms with E-state index in [9.17, 15) is 21.0 Å². The highest BCUT2D eigenvalue weighted by Crippen LogP contribution is 2.56. The van der Waals surface area contributed by atoms with Crippen LogP contribution in [0.4, 0.5) is 0 Å². The van der Waals surface area contributed by atoms with E-state index in [0.29, 0.717) is 22.3 Å². The smallest absolute Gasteiger partial charge is 0.192 e. The highest BCUT2D eigenvalue weighted by atomic mass is 14.4. The molecule has 4 nitrogen and oxygen atoms in total. The Morgan fingerprint density at radius 3 is 0.786 bits per heavy atom. The van der Waals surface area contributed by atoms with Crippen molar-refractivity contribution >= 4 is 78.5 Å². The summed E-state index contributed by atoms with van der Waals surface area (Å²) < 4.78 is 0. The lowest BCUT2D eigenvalue weighted by Crippen LogP contribution is -2.53. The summed E-state index contributed by atoms with van der Waals surface area (Å²) in [4.78, 5) is 0. The molecule has 0 saturated carbocycles. The predicted molar refractivity (Wildman–Crippen MR) is 404 cm³/mol. The molecule has 0 atom stereocenters. The third kappa shape index (κ3) is 7.87. The summed E-state index contributed by atoms with van der Waals surface area (Å²) in [6.07, 6.45) is 0. The number of hydrogen-bond donors (Lipinski definition) is 0. The zero-order chi connectivity index (χ0) is 65.0. The fourth-order valence-corrected chi connectivity index (χ4v) is 17.5. The number of rotatable bonds is 8. The molecule has 442 valence electrons. The maximum atomic E-state index is 11.3. The molecule has 16 aromatic carbocycles. The van der Waals surface area contributed by atoms with E-state index < -0.39 is 0 Å². The number of nitrogens with zero attached hydrogens (tertiary/aromatic N) is 4. The minimum Gasteiger partial charge on any atom is -0.192 e. The molecule has 0 radical (unpaired) electrons. The van der Waals surface area contributed by atoms with E-state index in [4.69, 9.17) is 0 Å². The lowest BCUT2D eigenvalue weighted by atomic mass is 9.34. The standard InChI is InChI=1S/C92H48B2N4/c95-49-53-31-33-81-70(36-53)78-38-56(52-98)40-80-74-46-72(86-67(61-27-15-5-16-28-61)43-64(58-21-9-2-10-22-58)44-68(86)62-29-17-6-18-30-62)76-48-84-87-73(79-39-55(51-97)37-77-69-35-54(50-96)32-34-82(69)94(84)91(77)79)45-71(75-47-83(93(81)92(78)80)88(74)90(76)89(75)87)85-65(59-23-11-3-12-24-59)41-63(57-19-7-1-8-20-57)42-66(85)60-25-13-4-14-26-60/h1-48H. The van der Waals surface area contributed by atoms with Crippen LogP contribution in [0.15, 0.2) is 291 Å². The van der Waals surface area contributed by atoms with Crippen LogP contribution in [0.5, 0.6) is 0 Å². The lowest BCUT2D eigenvalue weighted by Gasteiger charge is -2.33. The number of hydrogen-bond acceptors (Lipinski definition) is 4. The molecule has 0 spiro atoms. The van der Waals surface area contributed by atoms with Crippen molar-refractivity contribution in [3.8, 4) is 158 Å². The van der Waals surface area contributed by atoms with Crippen LogP contribution in [0.2, 0.25) is 0 Å². The van der Waals surface area contributed by atoms with Gasteiger partial charge in [-0.3, -0.25) is 0 Å². The molecule has 4 aliphatic rings. The molecular weight excluding hydrogens is 1180 g/mol. The largest absolute Gasteiger partial charge is 0.244 e. The third-order valence-corrected chi connectivity index (χ3v) is 21.5. The summed E-state index contributed by atoms with van der Waals surface area (Å²) in [6.45, 7) is -0.546. The predicted octanol–water partition coefficient (Wildman–Crippen LogP) is 18.4. The number of benzene rings is 16. The van der Waals surface area contributed by atoms with E-state index in [-0.39, 0.29) is 13.4 Å². The molecular formula is C92H48B2N4. The molecule has 6 heteroatoms. The van der Waals surface area contributed by atoms with Gasteiger partial charge < -0.3 is 0 Å². The Labute approximate surface area is 567 Å². The van der Waals surface area contributed by atoms with Gasteiger partial charge in [0.05, 0.1) is 46.5 Å². The molecule has 0 bridgehead atoms. The first-order valence-corrected chi connectivity index (χ1v) is 33.2. The zero-order valence-electron chi connectivity index (χ0n) is 52.7. The molecule has 0 N–H and O–H groups in total. The second kappa shape index (κ2) is 21.1. The maximum Gasteiger partial charge on any atom is 0.244 e. The second-order valence-corrected chi connectivity index (χ2v) is 26.4. The van der Waals surface area contributed by atoms with Crippen molar-refractivity contribution in [1.29, 1.82) is 21.0 Å². The third-order valence-electron chi connectivity index (χ3n) is 21.5. The van der Waals surface area contributed by atoms with Crippen molar-refractivity contribution in [3.05, 3.63) is 313 Å². The van der Waals surface area contributed by atoms with Crippen molar-refractivity contribution < 1.29 is 0 Å². The Hall–Kier alpha value is -13.4. The molecule has 0 unspecified atom stereocenters. The molecule has 98 heavy (non-hydrogen) atoms. The summed E-state index contributed by atoms with van der Waals surface area (Å²) in [6, 6.07) is 115. The van der Waals surface area contributed by atoms with Gasteiger partial charge in [-0.1, -0.05) is 239 Å². The van der Waals surface area contributed by atoms with Crippen molar-refractivity contribution in [2.45, 2.75) is 0 Å². The van der Waals surface area contributed by atoms with E-state index >= 15 is 0 Å². The minimum absolute atomic E-state index is 0.273. The monoisotopic (exact) mass is 1230 g/mol. The molecule has 0 fully saturated rings. The Bertz CT molecular complexity index is 5860. The van der Waals surface area contributed by atoms with Gasteiger partial charge in [0.25, 0.3) is 0 Å². The lowest BCUT2D eigenvalue weighted by molar-refractivity contribution is 1.48. The Morgan fingerprint density at radius 1 is 0.194 bits per heavy atom. The first-order chi connectivity index (χ1) is 48.4. The fourth-order valence-electron chi connectivity index (χ4n) is 17.5. The van der Waals surface area contributed by atoms with Gasteiger partial charge in [-0.2, -0.15) is 21.0 Å². The Kier molecular flexibility index (Phi) is 11.9. The molecule has 0 saturated heterocycles. The number of nitriles is 4. The highest BCUT2D eigenvalue weighted by molar-refractivity contribution is 7.03. The second-order valence-electron chi connectivity index (χ2n) is 26.4. The van der Waals surface area contributed by atoms with Crippen molar-refractivity contribution in [1.82, 2.24) is 0 Å². The normalized spacial score (nSPS) is 12.2. The van der Waals surface area contributed by atoms with Crippen LogP contribution >= 0.6 is 0 Å². The Morgan fingerprint density at radius 2 is 0.480 bits per heavy atom. The SMILES string of the molecule is N#Cc1ccc2c(c1)-c1cc(C#N)cc3c1B2c1cc2c(-c4c(-c5ccccc5)cc(-c5ccccc5)cc4-c4ccccc4)cc4c5c(cc6c(-c7c(-c8ccccc8)cc(-c8ccccc8)cc7-c7ccccc7)cc-3c1c6c25)B1c2ccc(C#N)cc2-c2cc(C#N)cc-4c21. The van der Waals surface area contributed by atoms with Crippen LogP contribution in [-0.4, -0.2) is 13.4 Å². The average molecular weight is 1230 g/mol. The summed E-state index contributed by atoms with van der Waals surface area (Å²) in [5.41, 5.74) is 34.2. The molecule has 0 aliphatic carbocycles. The van der Waals surface area contributed by atoms with Crippen molar-refractivity contribution in [2.75, 3.05) is 0 Å². The summed E-state index contributed by atoms with van der Waals surface area (Å²) >= 11 is 0. The molecule has 4 heterocycles. The van der Waals surface area contributed by atoms with E-state index in [0.717, 1.165) is 199 Å². The fraction of sp³-hybridized carbons (Fsp3) is 0. The van der Waals surface area contributed by atoms with Gasteiger partial charge in [-0.05, 0) is 251 Å². The summed E-state index contributed by atoms with van der Waals surface area (Å²) in [5, 5.41) is 50.5. The van der Waals surface area contributed by atoms with Crippen LogP contribution in [0.25, 0.3) is 166 Å². The molecule has 20 rings (SSSR count). The van der Waals surface area contributed by atoms with Gasteiger partial charge >= 0.3 is 0 Å². The molecule has 4 aliphatic heterocycles. The first-order valence-electron chi connectivity index (χ1n) is 33.2.